The third-order valence-electron chi connectivity index (χ3n) is 3.83. The Labute approximate surface area is 125 Å². The van der Waals surface area contributed by atoms with Crippen molar-refractivity contribution in [3.05, 3.63) is 69.7 Å². The van der Waals surface area contributed by atoms with Crippen molar-refractivity contribution >= 4 is 27.5 Å². The van der Waals surface area contributed by atoms with Crippen LogP contribution in [0.4, 0.5) is 0 Å². The van der Waals surface area contributed by atoms with E-state index in [0.717, 1.165) is 33.3 Å². The summed E-state index contributed by atoms with van der Waals surface area (Å²) in [6.45, 7) is 0. The van der Waals surface area contributed by atoms with Crippen LogP contribution in [0, 0.1) is 0 Å². The minimum atomic E-state index is -0.00256. The van der Waals surface area contributed by atoms with Crippen LogP contribution in [-0.4, -0.2) is 16.6 Å². The van der Waals surface area contributed by atoms with Gasteiger partial charge in [0.1, 0.15) is 0 Å². The van der Waals surface area contributed by atoms with Gasteiger partial charge < -0.3 is 0 Å². The van der Waals surface area contributed by atoms with Gasteiger partial charge in [-0.1, -0.05) is 52.3 Å². The van der Waals surface area contributed by atoms with Gasteiger partial charge in [-0.05, 0) is 23.3 Å². The fraction of sp³-hybridized carbons (Fsp3) is 0.125. The number of hydrogen-bond acceptors (Lipinski definition) is 2. The van der Waals surface area contributed by atoms with Crippen molar-refractivity contribution in [3.63, 3.8) is 0 Å². The van der Waals surface area contributed by atoms with Crippen LogP contribution in [0.15, 0.2) is 58.1 Å². The summed E-state index contributed by atoms with van der Waals surface area (Å²) >= 11 is 3.41. The topological polar surface area (TPSA) is 32.7 Å². The fourth-order valence-corrected chi connectivity index (χ4v) is 3.23. The van der Waals surface area contributed by atoms with E-state index in [1.54, 1.807) is 5.01 Å². The zero-order valence-corrected chi connectivity index (χ0v) is 12.2. The molecule has 0 bridgehead atoms. The van der Waals surface area contributed by atoms with Gasteiger partial charge in [0.25, 0.3) is 5.91 Å². The van der Waals surface area contributed by atoms with E-state index in [2.05, 4.69) is 21.0 Å². The van der Waals surface area contributed by atoms with Crippen molar-refractivity contribution < 1.29 is 4.79 Å². The first kappa shape index (κ1) is 11.9. The molecule has 0 fully saturated rings. The van der Waals surface area contributed by atoms with Gasteiger partial charge >= 0.3 is 0 Å². The molecule has 3 nitrogen and oxygen atoms in total. The van der Waals surface area contributed by atoms with Crippen LogP contribution in [0.5, 0.6) is 0 Å². The van der Waals surface area contributed by atoms with Crippen LogP contribution in [-0.2, 0) is 0 Å². The lowest BCUT2D eigenvalue weighted by Crippen LogP contribution is -2.17. The van der Waals surface area contributed by atoms with Gasteiger partial charge in [-0.15, -0.1) is 0 Å². The zero-order chi connectivity index (χ0) is 13.7. The Morgan fingerprint density at radius 3 is 2.75 bits per heavy atom. The van der Waals surface area contributed by atoms with Crippen LogP contribution in [0.25, 0.3) is 0 Å². The van der Waals surface area contributed by atoms with Crippen molar-refractivity contribution in [2.24, 2.45) is 5.10 Å². The van der Waals surface area contributed by atoms with Gasteiger partial charge in [0.2, 0.25) is 0 Å². The molecular formula is C16H11BrN2O. The third kappa shape index (κ3) is 1.64. The van der Waals surface area contributed by atoms with E-state index in [1.165, 1.54) is 0 Å². The molecule has 1 amide bonds. The number of hydrazone groups is 1. The largest absolute Gasteiger partial charge is 0.274 e. The normalized spacial score (nSPS) is 19.9. The number of amides is 1. The van der Waals surface area contributed by atoms with Gasteiger partial charge in [0, 0.05) is 16.5 Å². The van der Waals surface area contributed by atoms with Crippen LogP contribution in [0.1, 0.15) is 33.9 Å². The first-order valence-corrected chi connectivity index (χ1v) is 7.29. The summed E-state index contributed by atoms with van der Waals surface area (Å²) in [5, 5.41) is 6.16. The SMILES string of the molecule is O=C1c2cc(Br)ccc2C2CC(c3ccccc3)=NN12. The zero-order valence-electron chi connectivity index (χ0n) is 10.6. The second kappa shape index (κ2) is 4.28. The Kier molecular flexibility index (Phi) is 2.54. The average molecular weight is 327 g/mol. The molecule has 1 atom stereocenters. The molecule has 0 aromatic heterocycles. The summed E-state index contributed by atoms with van der Waals surface area (Å²) in [5.74, 6) is -0.00256. The molecule has 2 aliphatic heterocycles. The Hall–Kier alpha value is -1.94. The summed E-state index contributed by atoms with van der Waals surface area (Å²) in [6, 6.07) is 16.0. The van der Waals surface area contributed by atoms with E-state index >= 15 is 0 Å². The highest BCUT2D eigenvalue weighted by molar-refractivity contribution is 9.10. The second-order valence-electron chi connectivity index (χ2n) is 5.01. The molecule has 98 valence electrons. The molecule has 4 heteroatoms. The predicted octanol–water partition coefficient (Wildman–Crippen LogP) is 3.75. The number of halogens is 1. The van der Waals surface area contributed by atoms with Gasteiger partial charge in [-0.3, -0.25) is 4.79 Å². The first-order chi connectivity index (χ1) is 9.74. The average Bonchev–Trinajstić information content (AvgIpc) is 3.01. The van der Waals surface area contributed by atoms with Gasteiger partial charge in [0.15, 0.2) is 0 Å². The first-order valence-electron chi connectivity index (χ1n) is 6.50. The molecule has 0 N–H and O–H groups in total. The lowest BCUT2D eigenvalue weighted by atomic mass is 9.98. The summed E-state index contributed by atoms with van der Waals surface area (Å²) in [6.07, 6.45) is 0.782. The highest BCUT2D eigenvalue weighted by Crippen LogP contribution is 2.41. The van der Waals surface area contributed by atoms with Crippen LogP contribution >= 0.6 is 15.9 Å². The molecule has 20 heavy (non-hydrogen) atoms. The van der Waals surface area contributed by atoms with Gasteiger partial charge in [-0.2, -0.15) is 5.10 Å². The Bertz CT molecular complexity index is 739. The number of carbonyl (C=O) groups is 1. The molecule has 0 radical (unpaired) electrons. The van der Waals surface area contributed by atoms with E-state index in [0.29, 0.717) is 0 Å². The molecule has 0 saturated carbocycles. The fourth-order valence-electron chi connectivity index (χ4n) is 2.87. The molecule has 1 unspecified atom stereocenters. The van der Waals surface area contributed by atoms with Crippen molar-refractivity contribution in [1.82, 2.24) is 5.01 Å². The minimum absolute atomic E-state index is 0.00256. The van der Waals surface area contributed by atoms with Crippen molar-refractivity contribution in [2.75, 3.05) is 0 Å². The number of rotatable bonds is 1. The smallest absolute Gasteiger partial charge is 0.267 e. The molecule has 2 aromatic rings. The van der Waals surface area contributed by atoms with E-state index in [1.807, 2.05) is 48.5 Å². The van der Waals surface area contributed by atoms with Crippen molar-refractivity contribution in [1.29, 1.82) is 0 Å². The summed E-state index contributed by atoms with van der Waals surface area (Å²) in [5.41, 5.74) is 3.92. The number of fused-ring (bicyclic) bond motifs is 3. The Morgan fingerprint density at radius 2 is 1.95 bits per heavy atom. The maximum atomic E-state index is 12.4. The van der Waals surface area contributed by atoms with Crippen LogP contribution < -0.4 is 0 Å². The minimum Gasteiger partial charge on any atom is -0.267 e. The maximum Gasteiger partial charge on any atom is 0.274 e. The highest BCUT2D eigenvalue weighted by Gasteiger charge is 2.41. The summed E-state index contributed by atoms with van der Waals surface area (Å²) < 4.78 is 0.929. The second-order valence-corrected chi connectivity index (χ2v) is 5.93. The molecule has 2 aromatic carbocycles. The Morgan fingerprint density at radius 1 is 1.15 bits per heavy atom. The van der Waals surface area contributed by atoms with E-state index in [-0.39, 0.29) is 11.9 Å². The van der Waals surface area contributed by atoms with Crippen LogP contribution in [0.3, 0.4) is 0 Å². The molecule has 2 heterocycles. The predicted molar refractivity (Wildman–Crippen MR) is 80.6 cm³/mol. The number of hydrogen-bond donors (Lipinski definition) is 0. The third-order valence-corrected chi connectivity index (χ3v) is 4.32. The quantitative estimate of drug-likeness (QED) is 0.785. The van der Waals surface area contributed by atoms with Crippen molar-refractivity contribution in [2.45, 2.75) is 12.5 Å². The molecule has 0 aliphatic carbocycles. The lowest BCUT2D eigenvalue weighted by Gasteiger charge is -2.10. The van der Waals surface area contributed by atoms with E-state index in [4.69, 9.17) is 0 Å². The molecular weight excluding hydrogens is 316 g/mol. The van der Waals surface area contributed by atoms with Gasteiger partial charge in [0.05, 0.1) is 11.8 Å². The van der Waals surface area contributed by atoms with Gasteiger partial charge in [-0.25, -0.2) is 5.01 Å². The molecule has 2 aliphatic rings. The monoisotopic (exact) mass is 326 g/mol. The van der Waals surface area contributed by atoms with E-state index in [9.17, 15) is 4.79 Å². The van der Waals surface area contributed by atoms with E-state index < -0.39 is 0 Å². The van der Waals surface area contributed by atoms with Crippen molar-refractivity contribution in [3.8, 4) is 0 Å². The molecule has 0 spiro atoms. The molecule has 4 rings (SSSR count). The summed E-state index contributed by atoms with van der Waals surface area (Å²) in [4.78, 5) is 12.4. The summed E-state index contributed by atoms with van der Waals surface area (Å²) in [7, 11) is 0. The van der Waals surface area contributed by atoms with Crippen LogP contribution in [0.2, 0.25) is 0 Å². The lowest BCUT2D eigenvalue weighted by molar-refractivity contribution is 0.0756. The standard InChI is InChI=1S/C16H11BrN2O/c17-11-6-7-12-13(8-11)16(20)19-15(12)9-14(18-19)10-4-2-1-3-5-10/h1-8,15H,9H2. The maximum absolute atomic E-state index is 12.4. The Balaban J connectivity index is 1.75. The number of benzene rings is 2. The highest BCUT2D eigenvalue weighted by atomic mass is 79.9. The molecule has 0 saturated heterocycles. The number of nitrogens with zero attached hydrogens (tertiary/aromatic N) is 2. The number of carbonyl (C=O) groups excluding carboxylic acids is 1.